The van der Waals surface area contributed by atoms with Crippen LogP contribution in [0.5, 0.6) is 0 Å². The van der Waals surface area contributed by atoms with Gasteiger partial charge in [0.2, 0.25) is 0 Å². The van der Waals surface area contributed by atoms with Gasteiger partial charge in [0.05, 0.1) is 0 Å². The Bertz CT molecular complexity index is 382. The van der Waals surface area contributed by atoms with E-state index < -0.39 is 0 Å². The summed E-state index contributed by atoms with van der Waals surface area (Å²) in [5, 5.41) is 2.21. The van der Waals surface area contributed by atoms with E-state index in [0.717, 1.165) is 5.92 Å². The van der Waals surface area contributed by atoms with E-state index in [-0.39, 0.29) is 0 Å². The number of fused-ring (bicyclic) bond motifs is 2. The number of rotatable bonds is 0. The predicted molar refractivity (Wildman–Crippen MR) is 57.9 cm³/mol. The minimum atomic E-state index is 0.718. The molecule has 2 aliphatic carbocycles. The smallest absolute Gasteiger partial charge is 0.0302 e. The van der Waals surface area contributed by atoms with E-state index in [4.69, 9.17) is 0 Å². The molecule has 0 fully saturated rings. The summed E-state index contributed by atoms with van der Waals surface area (Å²) in [4.78, 5) is 1.50. The summed E-state index contributed by atoms with van der Waals surface area (Å²) in [6.07, 6.45) is 10.9. The fourth-order valence-electron chi connectivity index (χ4n) is 2.25. The third-order valence-corrected chi connectivity index (χ3v) is 3.89. The van der Waals surface area contributed by atoms with Gasteiger partial charge in [-0.2, -0.15) is 0 Å². The van der Waals surface area contributed by atoms with Gasteiger partial charge in [0.1, 0.15) is 0 Å². The van der Waals surface area contributed by atoms with Crippen molar-refractivity contribution in [3.05, 3.63) is 39.6 Å². The first kappa shape index (κ1) is 7.57. The summed E-state index contributed by atoms with van der Waals surface area (Å²) in [5.41, 5.74) is 3.20. The molecule has 0 nitrogen and oxygen atoms in total. The van der Waals surface area contributed by atoms with Crippen LogP contribution in [0.1, 0.15) is 23.3 Å². The zero-order valence-corrected chi connectivity index (χ0v) is 8.31. The largest absolute Gasteiger partial charge is 0.144 e. The van der Waals surface area contributed by atoms with E-state index in [1.165, 1.54) is 24.1 Å². The fraction of sp³-hybridized carbons (Fsp3) is 0.333. The molecule has 1 atom stereocenters. The molecule has 0 saturated heterocycles. The van der Waals surface area contributed by atoms with Gasteiger partial charge in [-0.1, -0.05) is 17.7 Å². The first-order chi connectivity index (χ1) is 6.43. The van der Waals surface area contributed by atoms with Gasteiger partial charge >= 0.3 is 0 Å². The highest BCUT2D eigenvalue weighted by molar-refractivity contribution is 7.11. The van der Waals surface area contributed by atoms with Crippen molar-refractivity contribution in [2.24, 2.45) is 5.92 Å². The Morgan fingerprint density at radius 1 is 1.38 bits per heavy atom. The molecule has 0 bridgehead atoms. The van der Waals surface area contributed by atoms with Crippen LogP contribution in [-0.4, -0.2) is 0 Å². The topological polar surface area (TPSA) is 0 Å². The SMILES string of the molecule is C1=CC2Cc3ccsc3C=C2CC1. The highest BCUT2D eigenvalue weighted by Crippen LogP contribution is 2.36. The van der Waals surface area contributed by atoms with Crippen LogP contribution in [0.2, 0.25) is 0 Å². The third-order valence-electron chi connectivity index (χ3n) is 2.98. The molecule has 13 heavy (non-hydrogen) atoms. The molecule has 0 aliphatic heterocycles. The van der Waals surface area contributed by atoms with Crippen LogP contribution in [0.25, 0.3) is 6.08 Å². The number of hydrogen-bond donors (Lipinski definition) is 0. The van der Waals surface area contributed by atoms with E-state index >= 15 is 0 Å². The summed E-state index contributed by atoms with van der Waals surface area (Å²) >= 11 is 1.88. The molecule has 0 radical (unpaired) electrons. The fourth-order valence-corrected chi connectivity index (χ4v) is 3.15. The molecule has 0 saturated carbocycles. The lowest BCUT2D eigenvalue weighted by molar-refractivity contribution is 0.677. The van der Waals surface area contributed by atoms with Gasteiger partial charge in [0.15, 0.2) is 0 Å². The van der Waals surface area contributed by atoms with Crippen LogP contribution in [0.3, 0.4) is 0 Å². The molecule has 0 N–H and O–H groups in total. The van der Waals surface area contributed by atoms with E-state index in [0.29, 0.717) is 0 Å². The standard InChI is InChI=1S/C12H12S/c1-2-4-10-8-12-11(5-6-13-12)7-9(10)3-1/h1,3,5-6,8-9H,2,4,7H2. The Morgan fingerprint density at radius 3 is 3.38 bits per heavy atom. The van der Waals surface area contributed by atoms with E-state index in [9.17, 15) is 0 Å². The normalized spacial score (nSPS) is 24.9. The number of thiophene rings is 1. The Labute approximate surface area is 82.6 Å². The molecule has 0 amide bonds. The van der Waals surface area contributed by atoms with Gasteiger partial charge in [0, 0.05) is 10.8 Å². The van der Waals surface area contributed by atoms with E-state index in [2.05, 4.69) is 29.7 Å². The van der Waals surface area contributed by atoms with Crippen LogP contribution < -0.4 is 0 Å². The second-order valence-electron chi connectivity index (χ2n) is 3.81. The summed E-state index contributed by atoms with van der Waals surface area (Å²) in [7, 11) is 0. The van der Waals surface area contributed by atoms with Crippen molar-refractivity contribution < 1.29 is 0 Å². The minimum absolute atomic E-state index is 0.718. The highest BCUT2D eigenvalue weighted by atomic mass is 32.1. The summed E-state index contributed by atoms with van der Waals surface area (Å²) in [6, 6.07) is 2.27. The second-order valence-corrected chi connectivity index (χ2v) is 4.75. The quantitative estimate of drug-likeness (QED) is 0.545. The van der Waals surface area contributed by atoms with Gasteiger partial charge in [-0.15, -0.1) is 11.3 Å². The van der Waals surface area contributed by atoms with Crippen LogP contribution in [-0.2, 0) is 6.42 Å². The van der Waals surface area contributed by atoms with Gasteiger partial charge in [-0.3, -0.25) is 0 Å². The van der Waals surface area contributed by atoms with Crippen LogP contribution in [0.15, 0.2) is 29.2 Å². The average Bonchev–Trinajstić information content (AvgIpc) is 2.61. The van der Waals surface area contributed by atoms with Crippen LogP contribution in [0, 0.1) is 5.92 Å². The van der Waals surface area contributed by atoms with Crippen LogP contribution in [0.4, 0.5) is 0 Å². The molecule has 2 aliphatic rings. The lowest BCUT2D eigenvalue weighted by Crippen LogP contribution is -2.11. The van der Waals surface area contributed by atoms with Gasteiger partial charge in [-0.25, -0.2) is 0 Å². The van der Waals surface area contributed by atoms with Gasteiger partial charge in [0.25, 0.3) is 0 Å². The minimum Gasteiger partial charge on any atom is -0.144 e. The third kappa shape index (κ3) is 1.19. The maximum atomic E-state index is 2.41. The van der Waals surface area contributed by atoms with E-state index in [1.54, 1.807) is 11.1 Å². The van der Waals surface area contributed by atoms with Crippen molar-refractivity contribution in [3.63, 3.8) is 0 Å². The van der Waals surface area contributed by atoms with Crippen molar-refractivity contribution in [2.75, 3.05) is 0 Å². The molecule has 1 aromatic rings. The Kier molecular flexibility index (Phi) is 1.66. The summed E-state index contributed by atoms with van der Waals surface area (Å²) in [5.74, 6) is 0.718. The molecular formula is C12H12S. The maximum absolute atomic E-state index is 2.41. The zero-order chi connectivity index (χ0) is 8.67. The zero-order valence-electron chi connectivity index (χ0n) is 7.49. The highest BCUT2D eigenvalue weighted by Gasteiger charge is 2.21. The van der Waals surface area contributed by atoms with E-state index in [1.807, 2.05) is 11.3 Å². The van der Waals surface area contributed by atoms with Crippen molar-refractivity contribution in [1.29, 1.82) is 0 Å². The van der Waals surface area contributed by atoms with Gasteiger partial charge < -0.3 is 0 Å². The average molecular weight is 188 g/mol. The monoisotopic (exact) mass is 188 g/mol. The van der Waals surface area contributed by atoms with Gasteiger partial charge in [-0.05, 0) is 42.3 Å². The Morgan fingerprint density at radius 2 is 2.38 bits per heavy atom. The van der Waals surface area contributed by atoms with Crippen molar-refractivity contribution in [1.82, 2.24) is 0 Å². The molecule has 1 aromatic heterocycles. The lowest BCUT2D eigenvalue weighted by atomic mass is 9.81. The molecule has 0 spiro atoms. The molecule has 1 heterocycles. The molecule has 66 valence electrons. The van der Waals surface area contributed by atoms with Crippen LogP contribution >= 0.6 is 11.3 Å². The second kappa shape index (κ2) is 2.85. The predicted octanol–water partition coefficient (Wildman–Crippen LogP) is 3.65. The first-order valence-electron chi connectivity index (χ1n) is 4.87. The molecule has 1 heteroatoms. The first-order valence-corrected chi connectivity index (χ1v) is 5.75. The van der Waals surface area contributed by atoms with Crippen molar-refractivity contribution in [3.8, 4) is 0 Å². The molecule has 3 rings (SSSR count). The Balaban J connectivity index is 2.08. The van der Waals surface area contributed by atoms with Crippen molar-refractivity contribution >= 4 is 17.4 Å². The number of hydrogen-bond acceptors (Lipinski definition) is 1. The maximum Gasteiger partial charge on any atom is 0.0302 e. The summed E-state index contributed by atoms with van der Waals surface area (Å²) in [6.45, 7) is 0. The lowest BCUT2D eigenvalue weighted by Gasteiger charge is -2.24. The molecule has 0 aromatic carbocycles. The molecular weight excluding hydrogens is 176 g/mol. The number of allylic oxidation sites excluding steroid dienone is 3. The van der Waals surface area contributed by atoms with Crippen molar-refractivity contribution in [2.45, 2.75) is 19.3 Å². The molecule has 1 unspecified atom stereocenters. The summed E-state index contributed by atoms with van der Waals surface area (Å²) < 4.78 is 0. The Hall–Kier alpha value is -0.820.